The van der Waals surface area contributed by atoms with Crippen molar-refractivity contribution in [2.45, 2.75) is 43.5 Å². The van der Waals surface area contributed by atoms with Crippen LogP contribution in [-0.4, -0.2) is 40.1 Å². The van der Waals surface area contributed by atoms with Gasteiger partial charge in [-0.15, -0.1) is 24.0 Å². The molecule has 0 radical (unpaired) electrons. The van der Waals surface area contributed by atoms with E-state index in [-0.39, 0.29) is 35.4 Å². The third-order valence-corrected chi connectivity index (χ3v) is 5.51. The Hall–Kier alpha value is -0.580. The lowest BCUT2D eigenvalue weighted by molar-refractivity contribution is 0.581. The van der Waals surface area contributed by atoms with Crippen molar-refractivity contribution in [2.75, 3.05) is 19.6 Å². The van der Waals surface area contributed by atoms with E-state index in [1.807, 2.05) is 6.92 Å². The van der Waals surface area contributed by atoms with Crippen LogP contribution in [0.1, 0.15) is 32.6 Å². The van der Waals surface area contributed by atoms with Gasteiger partial charge in [0.15, 0.2) is 5.96 Å². The summed E-state index contributed by atoms with van der Waals surface area (Å²) in [7, 11) is -3.56. The molecule has 1 aromatic carbocycles. The zero-order chi connectivity index (χ0) is 17.4. The maximum atomic E-state index is 12.2. The normalized spacial score (nSPS) is 15.7. The van der Waals surface area contributed by atoms with Crippen molar-refractivity contribution in [1.82, 2.24) is 15.4 Å². The van der Waals surface area contributed by atoms with Crippen molar-refractivity contribution in [1.29, 1.82) is 0 Å². The number of halogens is 2. The van der Waals surface area contributed by atoms with Crippen LogP contribution >= 0.6 is 35.6 Å². The standard InChI is InChI=1S/C16H25ClN4O2S.HI/c1-2-18-16(21-14-7-3-4-8-14)19-10-11-20-24(22,23)15-9-5-6-13(17)12-15;/h5-6,9,12,14,20H,2-4,7-8,10-11H2,1H3,(H2,18,19,21);1H. The molecule has 3 N–H and O–H groups in total. The fraction of sp³-hybridized carbons (Fsp3) is 0.562. The SMILES string of the molecule is CCNC(=NCCNS(=O)(=O)c1cccc(Cl)c1)NC1CCCC1.I. The topological polar surface area (TPSA) is 82.6 Å². The maximum Gasteiger partial charge on any atom is 0.240 e. The summed E-state index contributed by atoms with van der Waals surface area (Å²) in [6, 6.07) is 6.67. The summed E-state index contributed by atoms with van der Waals surface area (Å²) < 4.78 is 26.9. The second-order valence-corrected chi connectivity index (χ2v) is 7.94. The average molecular weight is 501 g/mol. The molecular formula is C16H26ClIN4O2S. The lowest BCUT2D eigenvalue weighted by Gasteiger charge is -2.16. The van der Waals surface area contributed by atoms with Gasteiger partial charge in [-0.3, -0.25) is 4.99 Å². The first kappa shape index (κ1) is 22.5. The molecule has 0 heterocycles. The molecule has 1 fully saturated rings. The van der Waals surface area contributed by atoms with E-state index in [2.05, 4.69) is 20.3 Å². The van der Waals surface area contributed by atoms with E-state index in [4.69, 9.17) is 11.6 Å². The van der Waals surface area contributed by atoms with Crippen LogP contribution in [0.25, 0.3) is 0 Å². The van der Waals surface area contributed by atoms with Gasteiger partial charge in [0.25, 0.3) is 0 Å². The number of sulfonamides is 1. The van der Waals surface area contributed by atoms with E-state index >= 15 is 0 Å². The number of rotatable bonds is 7. The third-order valence-electron chi connectivity index (χ3n) is 3.82. The summed E-state index contributed by atoms with van der Waals surface area (Å²) >= 11 is 5.84. The van der Waals surface area contributed by atoms with Crippen molar-refractivity contribution in [2.24, 2.45) is 4.99 Å². The van der Waals surface area contributed by atoms with Crippen molar-refractivity contribution in [3.8, 4) is 0 Å². The summed E-state index contributed by atoms with van der Waals surface area (Å²) in [5, 5.41) is 6.98. The molecular weight excluding hydrogens is 475 g/mol. The molecule has 0 unspecified atom stereocenters. The van der Waals surface area contributed by atoms with E-state index in [1.165, 1.54) is 25.0 Å². The second kappa shape index (κ2) is 11.2. The molecule has 0 aliphatic heterocycles. The highest BCUT2D eigenvalue weighted by atomic mass is 127. The molecule has 142 valence electrons. The minimum absolute atomic E-state index is 0. The van der Waals surface area contributed by atoms with Gasteiger partial charge in [-0.2, -0.15) is 0 Å². The number of nitrogens with zero attached hydrogens (tertiary/aromatic N) is 1. The molecule has 0 atom stereocenters. The van der Waals surface area contributed by atoms with Crippen LogP contribution in [-0.2, 0) is 10.0 Å². The molecule has 0 spiro atoms. The summed E-state index contributed by atoms with van der Waals surface area (Å²) in [5.41, 5.74) is 0. The highest BCUT2D eigenvalue weighted by Crippen LogP contribution is 2.17. The second-order valence-electron chi connectivity index (χ2n) is 5.74. The quantitative estimate of drug-likeness (QED) is 0.233. The molecule has 2 rings (SSSR count). The molecule has 9 heteroatoms. The van der Waals surface area contributed by atoms with Crippen LogP contribution in [0.4, 0.5) is 0 Å². The lowest BCUT2D eigenvalue weighted by atomic mass is 10.2. The Labute approximate surface area is 172 Å². The Kier molecular flexibility index (Phi) is 10.1. The van der Waals surface area contributed by atoms with E-state index in [9.17, 15) is 8.42 Å². The Morgan fingerprint density at radius 1 is 1.32 bits per heavy atom. The first-order valence-electron chi connectivity index (χ1n) is 8.31. The van der Waals surface area contributed by atoms with Crippen molar-refractivity contribution >= 4 is 51.6 Å². The van der Waals surface area contributed by atoms with Gasteiger partial charge >= 0.3 is 0 Å². The monoisotopic (exact) mass is 500 g/mol. The van der Waals surface area contributed by atoms with E-state index in [0.717, 1.165) is 25.3 Å². The molecule has 1 aliphatic rings. The minimum Gasteiger partial charge on any atom is -0.357 e. The zero-order valence-electron chi connectivity index (χ0n) is 14.3. The number of nitrogens with one attached hydrogen (secondary N) is 3. The van der Waals surface area contributed by atoms with Crippen molar-refractivity contribution < 1.29 is 8.42 Å². The molecule has 1 aliphatic carbocycles. The van der Waals surface area contributed by atoms with Crippen LogP contribution in [0.5, 0.6) is 0 Å². The van der Waals surface area contributed by atoms with Crippen molar-refractivity contribution in [3.05, 3.63) is 29.3 Å². The van der Waals surface area contributed by atoms with Crippen LogP contribution in [0.3, 0.4) is 0 Å². The van der Waals surface area contributed by atoms with Crippen LogP contribution in [0.2, 0.25) is 5.02 Å². The van der Waals surface area contributed by atoms with Gasteiger partial charge in [0, 0.05) is 24.2 Å². The van der Waals surface area contributed by atoms with Gasteiger partial charge in [-0.05, 0) is 38.0 Å². The molecule has 6 nitrogen and oxygen atoms in total. The molecule has 25 heavy (non-hydrogen) atoms. The number of hydrogen-bond donors (Lipinski definition) is 3. The number of benzene rings is 1. The predicted octanol–water partition coefficient (Wildman–Crippen LogP) is 2.73. The Balaban J connectivity index is 0.00000312. The molecule has 0 aromatic heterocycles. The molecule has 0 bridgehead atoms. The van der Waals surface area contributed by atoms with Gasteiger partial charge in [0.2, 0.25) is 10.0 Å². The van der Waals surface area contributed by atoms with Crippen molar-refractivity contribution in [3.63, 3.8) is 0 Å². The highest BCUT2D eigenvalue weighted by Gasteiger charge is 2.16. The first-order valence-corrected chi connectivity index (χ1v) is 10.2. The lowest BCUT2D eigenvalue weighted by Crippen LogP contribution is -2.42. The number of hydrogen-bond acceptors (Lipinski definition) is 3. The van der Waals surface area contributed by atoms with Gasteiger partial charge in [-0.1, -0.05) is 30.5 Å². The molecule has 1 aromatic rings. The first-order chi connectivity index (χ1) is 11.5. The molecule has 0 saturated heterocycles. The third kappa shape index (κ3) is 7.67. The maximum absolute atomic E-state index is 12.2. The molecule has 1 saturated carbocycles. The van der Waals surface area contributed by atoms with Gasteiger partial charge in [0.1, 0.15) is 0 Å². The van der Waals surface area contributed by atoms with Crippen LogP contribution in [0.15, 0.2) is 34.2 Å². The number of aliphatic imine (C=N–C) groups is 1. The summed E-state index contributed by atoms with van der Waals surface area (Å²) in [6.07, 6.45) is 4.81. The van der Waals surface area contributed by atoms with E-state index in [1.54, 1.807) is 12.1 Å². The summed E-state index contributed by atoms with van der Waals surface area (Å²) in [4.78, 5) is 4.59. The highest BCUT2D eigenvalue weighted by molar-refractivity contribution is 14.0. The average Bonchev–Trinajstić information content (AvgIpc) is 3.05. The van der Waals surface area contributed by atoms with Crippen LogP contribution < -0.4 is 15.4 Å². The number of guanidine groups is 1. The van der Waals surface area contributed by atoms with Gasteiger partial charge in [-0.25, -0.2) is 13.1 Å². The fourth-order valence-electron chi connectivity index (χ4n) is 2.65. The minimum atomic E-state index is -3.56. The van der Waals surface area contributed by atoms with Gasteiger partial charge < -0.3 is 10.6 Å². The summed E-state index contributed by atoms with van der Waals surface area (Å²) in [6.45, 7) is 3.37. The van der Waals surface area contributed by atoms with Crippen LogP contribution in [0, 0.1) is 0 Å². The van der Waals surface area contributed by atoms with E-state index in [0.29, 0.717) is 17.6 Å². The largest absolute Gasteiger partial charge is 0.357 e. The Morgan fingerprint density at radius 3 is 2.68 bits per heavy atom. The Bertz CT molecular complexity index is 664. The zero-order valence-corrected chi connectivity index (χ0v) is 18.2. The van der Waals surface area contributed by atoms with E-state index < -0.39 is 10.0 Å². The van der Waals surface area contributed by atoms with Gasteiger partial charge in [0.05, 0.1) is 11.4 Å². The Morgan fingerprint density at radius 2 is 2.04 bits per heavy atom. The summed E-state index contributed by atoms with van der Waals surface area (Å²) in [5.74, 6) is 0.742. The molecule has 0 amide bonds. The smallest absolute Gasteiger partial charge is 0.240 e. The predicted molar refractivity (Wildman–Crippen MR) is 113 cm³/mol. The fourth-order valence-corrected chi connectivity index (χ4v) is 3.97.